The van der Waals surface area contributed by atoms with Gasteiger partial charge in [0.25, 0.3) is 0 Å². The van der Waals surface area contributed by atoms with Crippen molar-refractivity contribution >= 4 is 38.2 Å². The summed E-state index contributed by atoms with van der Waals surface area (Å²) in [6.07, 6.45) is 4.09. The fourth-order valence-electron chi connectivity index (χ4n) is 3.62. The number of rotatable bonds is 4. The molecule has 0 spiro atoms. The maximum Gasteiger partial charge on any atom is 0.227 e. The number of nitrogens with one attached hydrogen (secondary N) is 1. The van der Waals surface area contributed by atoms with Gasteiger partial charge in [-0.15, -0.1) is 0 Å². The molecule has 0 unspecified atom stereocenters. The van der Waals surface area contributed by atoms with Gasteiger partial charge in [-0.1, -0.05) is 18.2 Å². The van der Waals surface area contributed by atoms with Gasteiger partial charge in [0.05, 0.1) is 10.4 Å². The van der Waals surface area contributed by atoms with Gasteiger partial charge < -0.3 is 10.2 Å². The average molecular weight is 410 g/mol. The SMILES string of the molecule is CS(=O)(=O)c1ccc2ncnc(N3CCC(C(=O)Nc4ccccc4)CC3)c2c1. The van der Waals surface area contributed by atoms with E-state index >= 15 is 0 Å². The Balaban J connectivity index is 1.51. The number of para-hydroxylation sites is 1. The summed E-state index contributed by atoms with van der Waals surface area (Å²) in [5.41, 5.74) is 1.50. The zero-order chi connectivity index (χ0) is 20.4. The minimum atomic E-state index is -3.32. The number of hydrogen-bond donors (Lipinski definition) is 1. The minimum Gasteiger partial charge on any atom is -0.356 e. The molecule has 0 saturated carbocycles. The van der Waals surface area contributed by atoms with Gasteiger partial charge >= 0.3 is 0 Å². The highest BCUT2D eigenvalue weighted by Crippen LogP contribution is 2.29. The van der Waals surface area contributed by atoms with Crippen LogP contribution >= 0.6 is 0 Å². The zero-order valence-electron chi connectivity index (χ0n) is 16.1. The maximum atomic E-state index is 12.6. The Morgan fingerprint density at radius 2 is 1.79 bits per heavy atom. The Morgan fingerprint density at radius 1 is 1.07 bits per heavy atom. The van der Waals surface area contributed by atoms with Crippen molar-refractivity contribution in [2.24, 2.45) is 5.92 Å². The molecule has 1 aliphatic rings. The summed E-state index contributed by atoms with van der Waals surface area (Å²) in [4.78, 5) is 23.6. The third kappa shape index (κ3) is 4.22. The Hall–Kier alpha value is -3.00. The molecule has 0 bridgehead atoms. The van der Waals surface area contributed by atoms with Crippen molar-refractivity contribution in [3.63, 3.8) is 0 Å². The zero-order valence-corrected chi connectivity index (χ0v) is 16.9. The summed E-state index contributed by atoms with van der Waals surface area (Å²) >= 11 is 0. The van der Waals surface area contributed by atoms with E-state index in [2.05, 4.69) is 20.2 Å². The molecule has 1 aromatic heterocycles. The molecule has 0 aliphatic carbocycles. The van der Waals surface area contributed by atoms with Crippen LogP contribution in [0.25, 0.3) is 10.9 Å². The average Bonchev–Trinajstić information content (AvgIpc) is 2.73. The molecule has 0 atom stereocenters. The second kappa shape index (κ2) is 7.79. The number of piperidine rings is 1. The van der Waals surface area contributed by atoms with Crippen molar-refractivity contribution in [3.8, 4) is 0 Å². The van der Waals surface area contributed by atoms with Gasteiger partial charge in [0.2, 0.25) is 5.91 Å². The molecule has 1 aliphatic heterocycles. The van der Waals surface area contributed by atoms with E-state index in [-0.39, 0.29) is 16.7 Å². The first kappa shape index (κ1) is 19.3. The number of nitrogens with zero attached hydrogens (tertiary/aromatic N) is 3. The summed E-state index contributed by atoms with van der Waals surface area (Å²) < 4.78 is 23.9. The normalized spacial score (nSPS) is 15.4. The summed E-state index contributed by atoms with van der Waals surface area (Å²) in [6.45, 7) is 1.34. The van der Waals surface area contributed by atoms with Gasteiger partial charge in [0.15, 0.2) is 9.84 Å². The Morgan fingerprint density at radius 3 is 2.48 bits per heavy atom. The second-order valence-corrected chi connectivity index (χ2v) is 9.28. The molecule has 8 heteroatoms. The molecule has 1 fully saturated rings. The predicted molar refractivity (Wildman–Crippen MR) is 113 cm³/mol. The van der Waals surface area contributed by atoms with Crippen molar-refractivity contribution in [3.05, 3.63) is 54.9 Å². The standard InChI is InChI=1S/C21H22N4O3S/c1-29(27,28)17-7-8-19-18(13-17)20(23-14-22-19)25-11-9-15(10-12-25)21(26)24-16-5-3-2-4-6-16/h2-8,13-15H,9-12H2,1H3,(H,24,26). The van der Waals surface area contributed by atoms with Gasteiger partial charge in [0, 0.05) is 36.3 Å². The molecule has 7 nitrogen and oxygen atoms in total. The van der Waals surface area contributed by atoms with Crippen LogP contribution in [0.5, 0.6) is 0 Å². The number of sulfone groups is 1. The van der Waals surface area contributed by atoms with Gasteiger partial charge in [0.1, 0.15) is 12.1 Å². The summed E-state index contributed by atoms with van der Waals surface area (Å²) in [7, 11) is -3.32. The lowest BCUT2D eigenvalue weighted by molar-refractivity contribution is -0.120. The molecule has 0 radical (unpaired) electrons. The van der Waals surface area contributed by atoms with Crippen LogP contribution in [0.15, 0.2) is 59.8 Å². The molecular weight excluding hydrogens is 388 g/mol. The van der Waals surface area contributed by atoms with Crippen LogP contribution in [0, 0.1) is 5.92 Å². The van der Waals surface area contributed by atoms with Crippen LogP contribution in [0.3, 0.4) is 0 Å². The Labute approximate surface area is 169 Å². The van der Waals surface area contributed by atoms with Crippen molar-refractivity contribution in [2.75, 3.05) is 29.6 Å². The Bertz CT molecular complexity index is 1140. The van der Waals surface area contributed by atoms with Gasteiger partial charge in [-0.05, 0) is 43.2 Å². The molecule has 3 aromatic rings. The van der Waals surface area contributed by atoms with E-state index in [9.17, 15) is 13.2 Å². The topological polar surface area (TPSA) is 92.3 Å². The smallest absolute Gasteiger partial charge is 0.227 e. The highest BCUT2D eigenvalue weighted by molar-refractivity contribution is 7.90. The van der Waals surface area contributed by atoms with Gasteiger partial charge in [-0.3, -0.25) is 4.79 Å². The molecule has 4 rings (SSSR count). The third-order valence-corrected chi connectivity index (χ3v) is 6.33. The first-order valence-electron chi connectivity index (χ1n) is 9.47. The highest BCUT2D eigenvalue weighted by atomic mass is 32.2. The number of carbonyl (C=O) groups is 1. The molecule has 1 saturated heterocycles. The number of amides is 1. The summed E-state index contributed by atoms with van der Waals surface area (Å²) in [5.74, 6) is 0.677. The monoisotopic (exact) mass is 410 g/mol. The molecule has 1 N–H and O–H groups in total. The van der Waals surface area contributed by atoms with Gasteiger partial charge in [-0.2, -0.15) is 0 Å². The van der Waals surface area contributed by atoms with E-state index in [1.54, 1.807) is 18.2 Å². The van der Waals surface area contributed by atoms with Crippen molar-refractivity contribution in [1.82, 2.24) is 9.97 Å². The number of aromatic nitrogens is 2. The lowest BCUT2D eigenvalue weighted by Crippen LogP contribution is -2.38. The number of hydrogen-bond acceptors (Lipinski definition) is 6. The number of fused-ring (bicyclic) bond motifs is 1. The first-order chi connectivity index (χ1) is 13.9. The fourth-order valence-corrected chi connectivity index (χ4v) is 4.27. The number of anilines is 2. The largest absolute Gasteiger partial charge is 0.356 e. The van der Waals surface area contributed by atoms with E-state index in [0.717, 1.165) is 5.69 Å². The Kier molecular flexibility index (Phi) is 5.19. The van der Waals surface area contributed by atoms with E-state index in [1.807, 2.05) is 30.3 Å². The van der Waals surface area contributed by atoms with Crippen molar-refractivity contribution < 1.29 is 13.2 Å². The number of benzene rings is 2. The molecule has 2 aromatic carbocycles. The van der Waals surface area contributed by atoms with E-state index < -0.39 is 9.84 Å². The van der Waals surface area contributed by atoms with Crippen LogP contribution < -0.4 is 10.2 Å². The van der Waals surface area contributed by atoms with Crippen LogP contribution in [0.1, 0.15) is 12.8 Å². The van der Waals surface area contributed by atoms with Crippen LogP contribution in [0.2, 0.25) is 0 Å². The third-order valence-electron chi connectivity index (χ3n) is 5.22. The summed E-state index contributed by atoms with van der Waals surface area (Å²) in [5, 5.41) is 3.68. The lowest BCUT2D eigenvalue weighted by Gasteiger charge is -2.32. The number of carbonyl (C=O) groups excluding carboxylic acids is 1. The van der Waals surface area contributed by atoms with Crippen molar-refractivity contribution in [2.45, 2.75) is 17.7 Å². The highest BCUT2D eigenvalue weighted by Gasteiger charge is 2.26. The predicted octanol–water partition coefficient (Wildman–Crippen LogP) is 2.89. The van der Waals surface area contributed by atoms with E-state index in [1.165, 1.54) is 12.6 Å². The molecule has 150 valence electrons. The summed E-state index contributed by atoms with van der Waals surface area (Å²) in [6, 6.07) is 14.3. The minimum absolute atomic E-state index is 0.0303. The van der Waals surface area contributed by atoms with Crippen molar-refractivity contribution in [1.29, 1.82) is 0 Å². The molecule has 2 heterocycles. The maximum absolute atomic E-state index is 12.6. The van der Waals surface area contributed by atoms with Gasteiger partial charge in [-0.25, -0.2) is 18.4 Å². The van der Waals surface area contributed by atoms with E-state index in [0.29, 0.717) is 42.7 Å². The fraction of sp³-hybridized carbons (Fsp3) is 0.286. The van der Waals surface area contributed by atoms with Crippen LogP contribution in [-0.2, 0) is 14.6 Å². The second-order valence-electron chi connectivity index (χ2n) is 7.26. The van der Waals surface area contributed by atoms with E-state index in [4.69, 9.17) is 0 Å². The van der Waals surface area contributed by atoms with Crippen LogP contribution in [-0.4, -0.2) is 43.6 Å². The molecule has 1 amide bonds. The first-order valence-corrected chi connectivity index (χ1v) is 11.4. The quantitative estimate of drug-likeness (QED) is 0.711. The molecule has 29 heavy (non-hydrogen) atoms. The molecular formula is C21H22N4O3S. The van der Waals surface area contributed by atoms with Crippen LogP contribution in [0.4, 0.5) is 11.5 Å². The lowest BCUT2D eigenvalue weighted by atomic mass is 9.95.